The molecule has 2 aromatic heterocycles. The molecule has 2 aliphatic rings. The molecule has 1 aromatic carbocycles. The number of nitrogens with zero attached hydrogens (tertiary/aromatic N) is 6. The molecule has 1 unspecified atom stereocenters. The first-order valence-corrected chi connectivity index (χ1v) is 14.8. The highest BCUT2D eigenvalue weighted by atomic mass is 32.2. The van der Waals surface area contributed by atoms with E-state index in [1.165, 1.54) is 5.69 Å². The van der Waals surface area contributed by atoms with E-state index in [4.69, 9.17) is 9.47 Å². The minimum Gasteiger partial charge on any atom is -0.497 e. The molecule has 208 valence electrons. The SMILES string of the molecule is COc1cc(C)c(S(=O)(=O)N2CCCCC2COc2nccc(N3CCN(c4ccncc4)CC3)n2)c(C)c1. The molecule has 2 aliphatic heterocycles. The van der Waals surface area contributed by atoms with Crippen LogP contribution in [-0.4, -0.2) is 80.2 Å². The summed E-state index contributed by atoms with van der Waals surface area (Å²) >= 11 is 0. The summed E-state index contributed by atoms with van der Waals surface area (Å²) in [6, 6.07) is 9.46. The molecular weight excluding hydrogens is 516 g/mol. The normalized spacial score (nSPS) is 18.7. The van der Waals surface area contributed by atoms with Crippen molar-refractivity contribution in [2.75, 3.05) is 56.2 Å². The van der Waals surface area contributed by atoms with Crippen molar-refractivity contribution < 1.29 is 17.9 Å². The van der Waals surface area contributed by atoms with Crippen LogP contribution in [0.25, 0.3) is 0 Å². The quantitative estimate of drug-likeness (QED) is 0.416. The molecular formula is C28H36N6O4S. The number of piperazine rings is 1. The molecule has 0 bridgehead atoms. The van der Waals surface area contributed by atoms with Gasteiger partial charge in [0.15, 0.2) is 0 Å². The Bertz CT molecular complexity index is 1360. The summed E-state index contributed by atoms with van der Waals surface area (Å²) in [7, 11) is -2.13. The number of benzene rings is 1. The van der Waals surface area contributed by atoms with Crippen LogP contribution in [0.3, 0.4) is 0 Å². The molecule has 0 spiro atoms. The number of hydrogen-bond donors (Lipinski definition) is 0. The standard InChI is InChI=1S/C28H36N6O4S/c1-21-18-25(37-3)19-22(2)27(21)39(35,36)34-13-5-4-6-24(34)20-38-28-30-12-9-26(31-28)33-16-14-32(15-17-33)23-7-10-29-11-8-23/h7-12,18-19,24H,4-6,13-17,20H2,1-3H3. The average Bonchev–Trinajstić information content (AvgIpc) is 2.96. The van der Waals surface area contributed by atoms with Crippen molar-refractivity contribution in [3.8, 4) is 11.8 Å². The van der Waals surface area contributed by atoms with Crippen molar-refractivity contribution in [1.82, 2.24) is 19.3 Å². The average molecular weight is 553 g/mol. The zero-order valence-corrected chi connectivity index (χ0v) is 23.6. The summed E-state index contributed by atoms with van der Waals surface area (Å²) in [5, 5.41) is 0. The fourth-order valence-electron chi connectivity index (χ4n) is 5.51. The van der Waals surface area contributed by atoms with Crippen molar-refractivity contribution in [3.63, 3.8) is 0 Å². The van der Waals surface area contributed by atoms with E-state index in [0.29, 0.717) is 28.3 Å². The monoisotopic (exact) mass is 552 g/mol. The first-order valence-electron chi connectivity index (χ1n) is 13.4. The second-order valence-electron chi connectivity index (χ2n) is 10.0. The number of aryl methyl sites for hydroxylation is 2. The Morgan fingerprint density at radius 1 is 0.923 bits per heavy atom. The van der Waals surface area contributed by atoms with Gasteiger partial charge in [0.25, 0.3) is 0 Å². The Balaban J connectivity index is 1.25. The summed E-state index contributed by atoms with van der Waals surface area (Å²) in [4.78, 5) is 18.0. The predicted octanol–water partition coefficient (Wildman–Crippen LogP) is 3.45. The van der Waals surface area contributed by atoms with Gasteiger partial charge in [-0.15, -0.1) is 0 Å². The Hall–Kier alpha value is -3.44. The fraction of sp³-hybridized carbons (Fsp3) is 0.464. The molecule has 5 rings (SSSR count). The van der Waals surface area contributed by atoms with Gasteiger partial charge in [-0.05, 0) is 68.1 Å². The number of rotatable bonds is 8. The number of anilines is 2. The van der Waals surface area contributed by atoms with E-state index in [2.05, 4.69) is 24.8 Å². The Labute approximate surface area is 230 Å². The molecule has 0 aliphatic carbocycles. The Morgan fingerprint density at radius 2 is 1.62 bits per heavy atom. The maximum atomic E-state index is 13.8. The number of sulfonamides is 1. The maximum absolute atomic E-state index is 13.8. The molecule has 0 amide bonds. The number of hydrogen-bond acceptors (Lipinski definition) is 9. The van der Waals surface area contributed by atoms with E-state index in [1.54, 1.807) is 29.7 Å². The van der Waals surface area contributed by atoms with Crippen LogP contribution in [0.1, 0.15) is 30.4 Å². The van der Waals surface area contributed by atoms with Gasteiger partial charge in [-0.25, -0.2) is 13.4 Å². The molecule has 2 saturated heterocycles. The lowest BCUT2D eigenvalue weighted by molar-refractivity contribution is 0.161. The predicted molar refractivity (Wildman–Crippen MR) is 150 cm³/mol. The van der Waals surface area contributed by atoms with Gasteiger partial charge in [0.1, 0.15) is 18.2 Å². The Kier molecular flexibility index (Phi) is 8.18. The van der Waals surface area contributed by atoms with Crippen molar-refractivity contribution in [2.45, 2.75) is 44.0 Å². The first-order chi connectivity index (χ1) is 18.9. The van der Waals surface area contributed by atoms with Gasteiger partial charge in [0.2, 0.25) is 10.0 Å². The van der Waals surface area contributed by atoms with Gasteiger partial charge < -0.3 is 19.3 Å². The second-order valence-corrected chi connectivity index (χ2v) is 11.9. The van der Waals surface area contributed by atoms with Crippen molar-refractivity contribution in [2.24, 2.45) is 0 Å². The number of pyridine rings is 1. The summed E-state index contributed by atoms with van der Waals surface area (Å²) in [5.41, 5.74) is 2.53. The topological polar surface area (TPSA) is 101 Å². The molecule has 11 heteroatoms. The maximum Gasteiger partial charge on any atom is 0.318 e. The van der Waals surface area contributed by atoms with Gasteiger partial charge >= 0.3 is 6.01 Å². The number of ether oxygens (including phenoxy) is 2. The minimum absolute atomic E-state index is 0.201. The molecule has 0 saturated carbocycles. The van der Waals surface area contributed by atoms with E-state index in [1.807, 2.05) is 44.4 Å². The van der Waals surface area contributed by atoms with E-state index >= 15 is 0 Å². The molecule has 0 radical (unpaired) electrons. The zero-order valence-electron chi connectivity index (χ0n) is 22.8. The third-order valence-corrected chi connectivity index (χ3v) is 9.72. The molecule has 4 heterocycles. The van der Waals surface area contributed by atoms with E-state index in [9.17, 15) is 8.42 Å². The third-order valence-electron chi connectivity index (χ3n) is 7.46. The van der Waals surface area contributed by atoms with Crippen LogP contribution >= 0.6 is 0 Å². The molecule has 2 fully saturated rings. The molecule has 0 N–H and O–H groups in total. The van der Waals surface area contributed by atoms with Gasteiger partial charge in [-0.1, -0.05) is 6.42 Å². The van der Waals surface area contributed by atoms with Crippen LogP contribution in [0, 0.1) is 13.8 Å². The third kappa shape index (κ3) is 5.94. The largest absolute Gasteiger partial charge is 0.497 e. The van der Waals surface area contributed by atoms with Crippen LogP contribution < -0.4 is 19.3 Å². The van der Waals surface area contributed by atoms with E-state index in [-0.39, 0.29) is 18.7 Å². The van der Waals surface area contributed by atoms with Gasteiger partial charge in [-0.2, -0.15) is 9.29 Å². The summed E-state index contributed by atoms with van der Waals surface area (Å²) < 4.78 is 40.6. The smallest absolute Gasteiger partial charge is 0.318 e. The van der Waals surface area contributed by atoms with E-state index < -0.39 is 10.0 Å². The summed E-state index contributed by atoms with van der Waals surface area (Å²) in [5.74, 6) is 1.46. The number of methoxy groups -OCH3 is 1. The molecule has 10 nitrogen and oxygen atoms in total. The molecule has 3 aromatic rings. The lowest BCUT2D eigenvalue weighted by atomic mass is 10.1. The highest BCUT2D eigenvalue weighted by molar-refractivity contribution is 7.89. The molecule has 39 heavy (non-hydrogen) atoms. The van der Waals surface area contributed by atoms with Crippen molar-refractivity contribution in [1.29, 1.82) is 0 Å². The van der Waals surface area contributed by atoms with Gasteiger partial charge in [0.05, 0.1) is 18.0 Å². The highest BCUT2D eigenvalue weighted by Crippen LogP contribution is 2.32. The molecule has 1 atom stereocenters. The zero-order chi connectivity index (χ0) is 27.4. The van der Waals surface area contributed by atoms with Crippen LogP contribution in [0.4, 0.5) is 11.5 Å². The second kappa shape index (κ2) is 11.7. The van der Waals surface area contributed by atoms with Gasteiger partial charge in [-0.3, -0.25) is 4.98 Å². The highest BCUT2D eigenvalue weighted by Gasteiger charge is 2.36. The van der Waals surface area contributed by atoms with Crippen molar-refractivity contribution in [3.05, 3.63) is 60.0 Å². The van der Waals surface area contributed by atoms with Crippen LogP contribution in [0.2, 0.25) is 0 Å². The van der Waals surface area contributed by atoms with Crippen molar-refractivity contribution >= 4 is 21.5 Å². The fourth-order valence-corrected chi connectivity index (χ4v) is 7.60. The van der Waals surface area contributed by atoms with Gasteiger partial charge in [0, 0.05) is 57.0 Å². The number of aromatic nitrogens is 3. The van der Waals surface area contributed by atoms with E-state index in [0.717, 1.165) is 51.3 Å². The lowest BCUT2D eigenvalue weighted by Gasteiger charge is -2.36. The van der Waals surface area contributed by atoms with Crippen LogP contribution in [0.5, 0.6) is 11.8 Å². The van der Waals surface area contributed by atoms with Crippen LogP contribution in [-0.2, 0) is 10.0 Å². The number of piperidine rings is 1. The van der Waals surface area contributed by atoms with Crippen LogP contribution in [0.15, 0.2) is 53.8 Å². The summed E-state index contributed by atoms with van der Waals surface area (Å²) in [6.07, 6.45) is 7.82. The lowest BCUT2D eigenvalue weighted by Crippen LogP contribution is -2.47. The first kappa shape index (κ1) is 27.1. The minimum atomic E-state index is -3.72. The summed E-state index contributed by atoms with van der Waals surface area (Å²) in [6.45, 7) is 7.70. The Morgan fingerprint density at radius 3 is 2.31 bits per heavy atom.